The molecule has 1 heterocycles. The zero-order chi connectivity index (χ0) is 19.3. The minimum atomic E-state index is 0.491. The summed E-state index contributed by atoms with van der Waals surface area (Å²) in [5.74, 6) is 0.709. The molecule has 0 aliphatic heterocycles. The molecule has 0 fully saturated rings. The zero-order valence-corrected chi connectivity index (χ0v) is 16.1. The lowest BCUT2D eigenvalue weighted by molar-refractivity contribution is 0.837. The van der Waals surface area contributed by atoms with Gasteiger partial charge in [0.25, 0.3) is 0 Å². The van der Waals surface area contributed by atoms with E-state index in [2.05, 4.69) is 33.4 Å². The lowest BCUT2D eigenvalue weighted by Gasteiger charge is -2.13. The molecule has 0 saturated heterocycles. The van der Waals surface area contributed by atoms with Crippen LogP contribution in [0.5, 0.6) is 0 Å². The maximum atomic E-state index is 5.65. The minimum Gasteiger partial charge on any atom is -0.332 e. The van der Waals surface area contributed by atoms with Crippen molar-refractivity contribution < 1.29 is 0 Å². The fourth-order valence-electron chi connectivity index (χ4n) is 3.09. The number of fused-ring (bicyclic) bond motifs is 1. The van der Waals surface area contributed by atoms with Gasteiger partial charge in [-0.15, -0.1) is 0 Å². The molecular weight excluding hydrogens is 366 g/mol. The van der Waals surface area contributed by atoms with Crippen LogP contribution in [0, 0.1) is 0 Å². The Bertz CT molecular complexity index is 1090. The summed E-state index contributed by atoms with van der Waals surface area (Å²) in [6, 6.07) is 26.3. The summed E-state index contributed by atoms with van der Waals surface area (Å²) in [4.78, 5) is 4.73. The summed E-state index contributed by atoms with van der Waals surface area (Å²) in [6.07, 6.45) is 0. The van der Waals surface area contributed by atoms with E-state index in [0.717, 1.165) is 22.3 Å². The number of nitrogens with zero attached hydrogens (tertiary/aromatic N) is 2. The van der Waals surface area contributed by atoms with Gasteiger partial charge in [0.15, 0.2) is 5.11 Å². The van der Waals surface area contributed by atoms with E-state index < -0.39 is 0 Å². The van der Waals surface area contributed by atoms with Crippen molar-refractivity contribution in [1.82, 2.24) is 9.55 Å². The molecule has 0 unspecified atom stereocenters. The number of hydrogen-bond acceptors (Lipinski definition) is 3. The van der Waals surface area contributed by atoms with Crippen LogP contribution in [-0.4, -0.2) is 14.7 Å². The van der Waals surface area contributed by atoms with Gasteiger partial charge in [0.2, 0.25) is 5.95 Å². The number of thiocarbonyl (C=S) groups is 1. The average molecular weight is 388 g/mol. The number of imidazole rings is 1. The van der Waals surface area contributed by atoms with Crippen molar-refractivity contribution in [3.05, 3.63) is 90.0 Å². The molecule has 0 spiro atoms. The second-order valence-electron chi connectivity index (χ2n) is 6.48. The maximum absolute atomic E-state index is 5.65. The number of hydrogen-bond donors (Lipinski definition) is 3. The van der Waals surface area contributed by atoms with Crippen LogP contribution in [0.15, 0.2) is 78.9 Å². The second kappa shape index (κ2) is 8.21. The van der Waals surface area contributed by atoms with Crippen LogP contribution in [0.4, 0.5) is 11.6 Å². The molecular formula is C22H21N5S. The maximum Gasteiger partial charge on any atom is 0.210 e. The molecule has 140 valence electrons. The molecule has 4 aromatic rings. The standard InChI is InChI=1S/C22H21N5S/c23-14-16-10-12-18(13-11-16)24-22(28)26-21-25-19-8-4-5-9-20(19)27(21)15-17-6-2-1-3-7-17/h1-13H,14-15,23H2,(H2,24,25,26,28). The van der Waals surface area contributed by atoms with Crippen LogP contribution in [0.3, 0.4) is 0 Å². The highest BCUT2D eigenvalue weighted by molar-refractivity contribution is 7.80. The Kier molecular flexibility index (Phi) is 5.32. The van der Waals surface area contributed by atoms with Crippen LogP contribution in [-0.2, 0) is 13.1 Å². The van der Waals surface area contributed by atoms with Gasteiger partial charge in [-0.3, -0.25) is 0 Å². The van der Waals surface area contributed by atoms with Crippen molar-refractivity contribution in [3.63, 3.8) is 0 Å². The molecule has 0 amide bonds. The van der Waals surface area contributed by atoms with Crippen LogP contribution in [0.1, 0.15) is 11.1 Å². The van der Waals surface area contributed by atoms with E-state index >= 15 is 0 Å². The molecule has 5 nitrogen and oxygen atoms in total. The Morgan fingerprint density at radius 3 is 2.32 bits per heavy atom. The number of para-hydroxylation sites is 2. The molecule has 4 rings (SSSR count). The number of nitrogens with two attached hydrogens (primary N) is 1. The smallest absolute Gasteiger partial charge is 0.210 e. The highest BCUT2D eigenvalue weighted by Gasteiger charge is 2.12. The third-order valence-corrected chi connectivity index (χ3v) is 4.72. The quantitative estimate of drug-likeness (QED) is 0.444. The Hall–Kier alpha value is -3.22. The van der Waals surface area contributed by atoms with Gasteiger partial charge in [0, 0.05) is 12.2 Å². The molecule has 0 saturated carbocycles. The Labute approximate surface area is 169 Å². The summed E-state index contributed by atoms with van der Waals surface area (Å²) in [6.45, 7) is 1.23. The highest BCUT2D eigenvalue weighted by Crippen LogP contribution is 2.21. The molecule has 4 N–H and O–H groups in total. The molecule has 0 bridgehead atoms. The first-order valence-electron chi connectivity index (χ1n) is 9.09. The SMILES string of the molecule is NCc1ccc(NC(=S)Nc2nc3ccccc3n2Cc2ccccc2)cc1. The van der Waals surface area contributed by atoms with Crippen molar-refractivity contribution in [2.45, 2.75) is 13.1 Å². The average Bonchev–Trinajstić information content (AvgIpc) is 3.06. The first-order chi connectivity index (χ1) is 13.7. The van der Waals surface area contributed by atoms with Crippen molar-refractivity contribution in [2.75, 3.05) is 10.6 Å². The zero-order valence-electron chi connectivity index (χ0n) is 15.3. The van der Waals surface area contributed by atoms with Crippen LogP contribution >= 0.6 is 12.2 Å². The third kappa shape index (κ3) is 4.03. The normalized spacial score (nSPS) is 10.8. The van der Waals surface area contributed by atoms with E-state index in [1.807, 2.05) is 60.7 Å². The second-order valence-corrected chi connectivity index (χ2v) is 6.88. The van der Waals surface area contributed by atoms with Crippen molar-refractivity contribution in [2.24, 2.45) is 5.73 Å². The van der Waals surface area contributed by atoms with Crippen molar-refractivity contribution in [1.29, 1.82) is 0 Å². The van der Waals surface area contributed by atoms with E-state index in [0.29, 0.717) is 24.2 Å². The van der Waals surface area contributed by atoms with E-state index in [9.17, 15) is 0 Å². The topological polar surface area (TPSA) is 67.9 Å². The van der Waals surface area contributed by atoms with Gasteiger partial charge < -0.3 is 20.9 Å². The van der Waals surface area contributed by atoms with E-state index in [-0.39, 0.29) is 0 Å². The molecule has 1 aromatic heterocycles. The highest BCUT2D eigenvalue weighted by atomic mass is 32.1. The molecule has 0 aliphatic rings. The molecule has 3 aromatic carbocycles. The first kappa shape index (κ1) is 18.2. The number of nitrogens with one attached hydrogen (secondary N) is 2. The molecule has 28 heavy (non-hydrogen) atoms. The third-order valence-electron chi connectivity index (χ3n) is 4.51. The van der Waals surface area contributed by atoms with Gasteiger partial charge in [-0.2, -0.15) is 0 Å². The number of aromatic nitrogens is 2. The lowest BCUT2D eigenvalue weighted by Crippen LogP contribution is -2.21. The van der Waals surface area contributed by atoms with Crippen LogP contribution in [0.2, 0.25) is 0 Å². The molecule has 6 heteroatoms. The monoisotopic (exact) mass is 387 g/mol. The summed E-state index contributed by atoms with van der Waals surface area (Å²) in [5, 5.41) is 6.94. The Morgan fingerprint density at radius 2 is 1.57 bits per heavy atom. The number of benzene rings is 3. The molecule has 0 radical (unpaired) electrons. The number of anilines is 2. The first-order valence-corrected chi connectivity index (χ1v) is 9.50. The number of rotatable bonds is 5. The van der Waals surface area contributed by atoms with Gasteiger partial charge >= 0.3 is 0 Å². The van der Waals surface area contributed by atoms with Gasteiger partial charge in [-0.05, 0) is 47.6 Å². The van der Waals surface area contributed by atoms with E-state index in [1.165, 1.54) is 5.56 Å². The summed E-state index contributed by atoms with van der Waals surface area (Å²) >= 11 is 5.51. The largest absolute Gasteiger partial charge is 0.332 e. The predicted molar refractivity (Wildman–Crippen MR) is 119 cm³/mol. The van der Waals surface area contributed by atoms with Gasteiger partial charge in [-0.25, -0.2) is 4.98 Å². The minimum absolute atomic E-state index is 0.491. The summed E-state index contributed by atoms with van der Waals surface area (Å²) in [5.41, 5.74) is 10.8. The van der Waals surface area contributed by atoms with Crippen LogP contribution < -0.4 is 16.4 Å². The van der Waals surface area contributed by atoms with Crippen LogP contribution in [0.25, 0.3) is 11.0 Å². The van der Waals surface area contributed by atoms with Gasteiger partial charge in [0.05, 0.1) is 17.6 Å². The molecule has 0 atom stereocenters. The Morgan fingerprint density at radius 1 is 0.857 bits per heavy atom. The van der Waals surface area contributed by atoms with E-state index in [4.69, 9.17) is 22.9 Å². The van der Waals surface area contributed by atoms with Crippen molar-refractivity contribution in [3.8, 4) is 0 Å². The van der Waals surface area contributed by atoms with Gasteiger partial charge in [-0.1, -0.05) is 54.6 Å². The summed E-state index contributed by atoms with van der Waals surface area (Å²) < 4.78 is 2.14. The van der Waals surface area contributed by atoms with Crippen molar-refractivity contribution >= 4 is 40.0 Å². The molecule has 0 aliphatic carbocycles. The lowest BCUT2D eigenvalue weighted by atomic mass is 10.2. The summed E-state index contributed by atoms with van der Waals surface area (Å²) in [7, 11) is 0. The van der Waals surface area contributed by atoms with E-state index in [1.54, 1.807) is 0 Å². The Balaban J connectivity index is 1.58. The fraction of sp³-hybridized carbons (Fsp3) is 0.0909. The fourth-order valence-corrected chi connectivity index (χ4v) is 3.29. The predicted octanol–water partition coefficient (Wildman–Crippen LogP) is 4.35. The van der Waals surface area contributed by atoms with Gasteiger partial charge in [0.1, 0.15) is 0 Å².